The summed E-state index contributed by atoms with van der Waals surface area (Å²) in [5.74, 6) is -0.442. The quantitative estimate of drug-likeness (QED) is 0.686. The predicted octanol–water partition coefficient (Wildman–Crippen LogP) is 0.808. The Hall–Kier alpha value is -1.49. The Kier molecular flexibility index (Phi) is 6.38. The van der Waals surface area contributed by atoms with Gasteiger partial charge in [-0.05, 0) is 43.9 Å². The molecule has 2 aliphatic heterocycles. The van der Waals surface area contributed by atoms with Crippen molar-refractivity contribution in [1.29, 1.82) is 0 Å². The minimum Gasteiger partial charge on any atom is -0.340 e. The number of hydrogen-bond donors (Lipinski definition) is 0. The van der Waals surface area contributed by atoms with Gasteiger partial charge in [0.1, 0.15) is 0 Å². The molecular weight excluding hydrogens is 414 g/mol. The Morgan fingerprint density at radius 2 is 1.62 bits per heavy atom. The second-order valence-corrected chi connectivity index (χ2v) is 11.8. The molecule has 162 valence electrons. The van der Waals surface area contributed by atoms with Crippen LogP contribution < -0.4 is 0 Å². The van der Waals surface area contributed by atoms with E-state index in [9.17, 15) is 21.6 Å². The van der Waals surface area contributed by atoms with E-state index in [1.165, 1.54) is 8.61 Å². The summed E-state index contributed by atoms with van der Waals surface area (Å²) in [6.07, 6.45) is 2.48. The molecule has 10 heteroatoms. The van der Waals surface area contributed by atoms with Gasteiger partial charge in [-0.1, -0.05) is 12.1 Å². The summed E-state index contributed by atoms with van der Waals surface area (Å²) in [7, 11) is -6.92. The Balaban J connectivity index is 1.66. The zero-order valence-electron chi connectivity index (χ0n) is 17.2. The van der Waals surface area contributed by atoms with Crippen LogP contribution in [0, 0.1) is 19.8 Å². The van der Waals surface area contributed by atoms with Crippen LogP contribution in [-0.2, 0) is 24.8 Å². The monoisotopic (exact) mass is 443 g/mol. The highest BCUT2D eigenvalue weighted by Gasteiger charge is 2.36. The van der Waals surface area contributed by atoms with Crippen LogP contribution in [-0.4, -0.2) is 81.8 Å². The van der Waals surface area contributed by atoms with Crippen LogP contribution >= 0.6 is 0 Å². The van der Waals surface area contributed by atoms with E-state index in [1.54, 1.807) is 24.0 Å². The van der Waals surface area contributed by atoms with Gasteiger partial charge >= 0.3 is 0 Å². The zero-order chi connectivity index (χ0) is 21.4. The van der Waals surface area contributed by atoms with Crippen LogP contribution in [0.2, 0.25) is 0 Å². The molecule has 2 fully saturated rings. The molecule has 8 nitrogen and oxygen atoms in total. The predicted molar refractivity (Wildman–Crippen MR) is 110 cm³/mol. The van der Waals surface area contributed by atoms with Gasteiger partial charge < -0.3 is 4.90 Å². The Morgan fingerprint density at radius 1 is 0.966 bits per heavy atom. The van der Waals surface area contributed by atoms with Crippen molar-refractivity contribution in [3.05, 3.63) is 29.3 Å². The first-order valence-electron chi connectivity index (χ1n) is 9.81. The Bertz CT molecular complexity index is 983. The van der Waals surface area contributed by atoms with Crippen LogP contribution in [0.4, 0.5) is 0 Å². The minimum atomic E-state index is -3.61. The van der Waals surface area contributed by atoms with Gasteiger partial charge in [-0.3, -0.25) is 4.79 Å². The Morgan fingerprint density at radius 3 is 2.24 bits per heavy atom. The van der Waals surface area contributed by atoms with Crippen molar-refractivity contribution in [3.63, 3.8) is 0 Å². The average Bonchev–Trinajstić information content (AvgIpc) is 2.68. The number of nitrogens with zero attached hydrogens (tertiary/aromatic N) is 3. The van der Waals surface area contributed by atoms with Crippen molar-refractivity contribution in [2.45, 2.75) is 31.6 Å². The van der Waals surface area contributed by atoms with Gasteiger partial charge in [0.25, 0.3) is 0 Å². The highest BCUT2D eigenvalue weighted by molar-refractivity contribution is 7.89. The number of hydrogen-bond acceptors (Lipinski definition) is 5. The summed E-state index contributed by atoms with van der Waals surface area (Å²) in [6.45, 7) is 5.41. The number of amides is 1. The lowest BCUT2D eigenvalue weighted by molar-refractivity contribution is -0.137. The summed E-state index contributed by atoms with van der Waals surface area (Å²) in [4.78, 5) is 14.9. The van der Waals surface area contributed by atoms with Crippen molar-refractivity contribution in [3.8, 4) is 0 Å². The van der Waals surface area contributed by atoms with Crippen LogP contribution in [0.15, 0.2) is 23.1 Å². The first kappa shape index (κ1) is 22.2. The van der Waals surface area contributed by atoms with Crippen molar-refractivity contribution in [1.82, 2.24) is 13.5 Å². The molecule has 2 saturated heterocycles. The average molecular weight is 444 g/mol. The first-order valence-corrected chi connectivity index (χ1v) is 13.1. The Labute approximate surface area is 173 Å². The van der Waals surface area contributed by atoms with Gasteiger partial charge in [-0.15, -0.1) is 0 Å². The molecule has 29 heavy (non-hydrogen) atoms. The molecule has 0 aromatic heterocycles. The second kappa shape index (κ2) is 8.33. The fourth-order valence-corrected chi connectivity index (χ4v) is 6.62. The molecule has 0 aliphatic carbocycles. The van der Waals surface area contributed by atoms with E-state index in [0.717, 1.165) is 11.8 Å². The van der Waals surface area contributed by atoms with E-state index in [1.807, 2.05) is 13.0 Å². The lowest BCUT2D eigenvalue weighted by Gasteiger charge is -2.38. The van der Waals surface area contributed by atoms with Crippen LogP contribution in [0.5, 0.6) is 0 Å². The van der Waals surface area contributed by atoms with E-state index in [2.05, 4.69) is 0 Å². The molecule has 0 radical (unpaired) electrons. The maximum absolute atomic E-state index is 13.0. The summed E-state index contributed by atoms with van der Waals surface area (Å²) >= 11 is 0. The van der Waals surface area contributed by atoms with Gasteiger partial charge in [-0.25, -0.2) is 21.1 Å². The van der Waals surface area contributed by atoms with Crippen LogP contribution in [0.25, 0.3) is 0 Å². The number of carbonyl (C=O) groups excluding carboxylic acids is 1. The number of benzene rings is 1. The standard InChI is InChI=1S/C19H29N3O5S2/c1-15-6-7-16(2)18(13-15)29(26,27)21-11-9-20(10-12-21)19(23)17-5-4-8-22(14-17)28(3,24)25/h6-7,13,17H,4-5,8-12,14H2,1-3H3. The molecule has 1 aromatic rings. The molecule has 3 rings (SSSR count). The SMILES string of the molecule is Cc1ccc(C)c(S(=O)(=O)N2CCN(C(=O)C3CCCN(S(C)(=O)=O)C3)CC2)c1. The second-order valence-electron chi connectivity index (χ2n) is 7.96. The van der Waals surface area contributed by atoms with Crippen LogP contribution in [0.3, 0.4) is 0 Å². The zero-order valence-corrected chi connectivity index (χ0v) is 18.8. The largest absolute Gasteiger partial charge is 0.340 e. The number of carbonyl (C=O) groups is 1. The molecule has 1 amide bonds. The van der Waals surface area contributed by atoms with Crippen molar-refractivity contribution in [2.24, 2.45) is 5.92 Å². The van der Waals surface area contributed by atoms with Crippen molar-refractivity contribution < 1.29 is 21.6 Å². The minimum absolute atomic E-state index is 0.0814. The van der Waals surface area contributed by atoms with Crippen molar-refractivity contribution in [2.75, 3.05) is 45.5 Å². The number of aryl methyl sites for hydroxylation is 2. The normalized spacial score (nSPS) is 22.6. The number of rotatable bonds is 4. The van der Waals surface area contributed by atoms with Gasteiger partial charge in [0.15, 0.2) is 0 Å². The molecule has 2 heterocycles. The van der Waals surface area contributed by atoms with Gasteiger partial charge in [0.05, 0.1) is 17.1 Å². The molecule has 0 bridgehead atoms. The highest BCUT2D eigenvalue weighted by atomic mass is 32.2. The van der Waals surface area contributed by atoms with E-state index in [-0.39, 0.29) is 31.5 Å². The third-order valence-corrected chi connectivity index (χ3v) is 9.02. The molecule has 1 atom stereocenters. The summed E-state index contributed by atoms with van der Waals surface area (Å²) in [6, 6.07) is 5.37. The lowest BCUT2D eigenvalue weighted by Crippen LogP contribution is -2.54. The summed E-state index contributed by atoms with van der Waals surface area (Å²) in [5, 5.41) is 0. The first-order chi connectivity index (χ1) is 13.5. The maximum Gasteiger partial charge on any atom is 0.243 e. The van der Waals surface area contributed by atoms with Crippen molar-refractivity contribution >= 4 is 26.0 Å². The molecule has 2 aliphatic rings. The van der Waals surface area contributed by atoms with Gasteiger partial charge in [0, 0.05) is 39.3 Å². The summed E-state index contributed by atoms with van der Waals surface area (Å²) < 4.78 is 52.5. The van der Waals surface area contributed by atoms with E-state index in [4.69, 9.17) is 0 Å². The molecule has 0 N–H and O–H groups in total. The number of piperidine rings is 1. The molecule has 0 spiro atoms. The molecule has 1 unspecified atom stereocenters. The van der Waals surface area contributed by atoms with Crippen LogP contribution in [0.1, 0.15) is 24.0 Å². The smallest absolute Gasteiger partial charge is 0.243 e. The highest BCUT2D eigenvalue weighted by Crippen LogP contribution is 2.25. The fraction of sp³-hybridized carbons (Fsp3) is 0.632. The number of sulfonamides is 2. The third kappa shape index (κ3) is 4.82. The van der Waals surface area contributed by atoms with E-state index in [0.29, 0.717) is 42.9 Å². The summed E-state index contributed by atoms with van der Waals surface area (Å²) in [5.41, 5.74) is 1.59. The number of piperazine rings is 1. The molecule has 1 aromatic carbocycles. The third-order valence-electron chi connectivity index (χ3n) is 5.71. The molecule has 0 saturated carbocycles. The maximum atomic E-state index is 13.0. The topological polar surface area (TPSA) is 95.1 Å². The van der Waals surface area contributed by atoms with Gasteiger partial charge in [-0.2, -0.15) is 4.31 Å². The van der Waals surface area contributed by atoms with Gasteiger partial charge in [0.2, 0.25) is 26.0 Å². The fourth-order valence-electron chi connectivity index (χ4n) is 3.98. The lowest BCUT2D eigenvalue weighted by atomic mass is 9.98. The molecular formula is C19H29N3O5S2. The van der Waals surface area contributed by atoms with E-state index >= 15 is 0 Å². The van der Waals surface area contributed by atoms with E-state index < -0.39 is 20.0 Å².